The number of methoxy groups -OCH3 is 4. The van der Waals surface area contributed by atoms with E-state index in [2.05, 4.69) is 4.98 Å². The molecule has 1 heterocycles. The molecule has 9 heteroatoms. The first-order chi connectivity index (χ1) is 18.3. The number of H-pyrrole nitrogens is 1. The zero-order chi connectivity index (χ0) is 27.7. The molecule has 0 aliphatic rings. The van der Waals surface area contributed by atoms with Crippen LogP contribution in [-0.2, 0) is 11.2 Å². The zero-order valence-electron chi connectivity index (χ0n) is 22.0. The van der Waals surface area contributed by atoms with E-state index in [-0.39, 0.29) is 0 Å². The van der Waals surface area contributed by atoms with E-state index in [1.807, 2.05) is 72.9 Å². The van der Waals surface area contributed by atoms with E-state index in [1.165, 1.54) is 0 Å². The summed E-state index contributed by atoms with van der Waals surface area (Å²) in [5.74, 6) is 1.98. The van der Waals surface area contributed by atoms with Crippen molar-refractivity contribution in [3.8, 4) is 23.0 Å². The fourth-order valence-corrected chi connectivity index (χ4v) is 3.88. The van der Waals surface area contributed by atoms with Crippen LogP contribution in [0.25, 0.3) is 23.1 Å². The average molecular weight is 519 g/mol. The predicted octanol–water partition coefficient (Wildman–Crippen LogP) is 4.00. The molecule has 4 aromatic rings. The predicted molar refractivity (Wildman–Crippen MR) is 152 cm³/mol. The second-order valence-corrected chi connectivity index (χ2v) is 8.37. The Kier molecular flexibility index (Phi) is 9.61. The molecule has 1 atom stereocenters. The topological polar surface area (TPSA) is 148 Å². The number of para-hydroxylation sites is 1. The molecule has 0 radical (unpaired) electrons. The van der Waals surface area contributed by atoms with Crippen LogP contribution in [0.1, 0.15) is 16.7 Å². The van der Waals surface area contributed by atoms with Gasteiger partial charge in [0.15, 0.2) is 11.5 Å². The number of fused-ring (bicyclic) bond motifs is 1. The standard InChI is InChI=1S/C18H21NO4.C11H13N3O/c1-20-15-8-7-12(9-14(15)19)5-6-13-10-16(21-2)18(23-4)17(11-13)22-3;12-9(11(13)15)5-7-6-14-10-4-2-1-3-8(7)10/h5-11H,19H2,1-4H3;1-4,6,9,14H,5,12H2,(H2,13,15)/t;9-/m.1/s1. The first-order valence-corrected chi connectivity index (χ1v) is 11.8. The summed E-state index contributed by atoms with van der Waals surface area (Å²) < 4.78 is 21.2. The Morgan fingerprint density at radius 1 is 0.868 bits per heavy atom. The van der Waals surface area contributed by atoms with E-state index >= 15 is 0 Å². The quantitative estimate of drug-likeness (QED) is 0.193. The van der Waals surface area contributed by atoms with Gasteiger partial charge in [-0.15, -0.1) is 0 Å². The minimum absolute atomic E-state index is 0.472. The van der Waals surface area contributed by atoms with Gasteiger partial charge >= 0.3 is 0 Å². The Hall–Kier alpha value is -4.63. The van der Waals surface area contributed by atoms with E-state index in [0.717, 1.165) is 27.6 Å². The van der Waals surface area contributed by atoms with Crippen LogP contribution in [0.3, 0.4) is 0 Å². The van der Waals surface area contributed by atoms with Gasteiger partial charge in [-0.25, -0.2) is 0 Å². The summed E-state index contributed by atoms with van der Waals surface area (Å²) in [5, 5.41) is 1.09. The Morgan fingerprint density at radius 2 is 1.50 bits per heavy atom. The molecule has 1 amide bonds. The van der Waals surface area contributed by atoms with Gasteiger partial charge in [0.05, 0.1) is 40.2 Å². The Bertz CT molecular complexity index is 1390. The molecule has 7 N–H and O–H groups in total. The lowest BCUT2D eigenvalue weighted by Gasteiger charge is -2.12. The number of primary amides is 1. The van der Waals surface area contributed by atoms with Crippen molar-refractivity contribution >= 4 is 34.6 Å². The van der Waals surface area contributed by atoms with Crippen LogP contribution in [0.15, 0.2) is 60.8 Å². The summed E-state index contributed by atoms with van der Waals surface area (Å²) in [6, 6.07) is 16.6. The minimum atomic E-state index is -0.621. The fourth-order valence-electron chi connectivity index (χ4n) is 3.88. The fraction of sp³-hybridized carbons (Fsp3) is 0.207. The van der Waals surface area contributed by atoms with E-state index in [0.29, 0.717) is 35.1 Å². The highest BCUT2D eigenvalue weighted by atomic mass is 16.5. The maximum atomic E-state index is 10.8. The van der Waals surface area contributed by atoms with Crippen molar-refractivity contribution < 1.29 is 23.7 Å². The average Bonchev–Trinajstić information content (AvgIpc) is 3.34. The van der Waals surface area contributed by atoms with Gasteiger partial charge in [-0.1, -0.05) is 36.4 Å². The third kappa shape index (κ3) is 6.77. The maximum Gasteiger partial charge on any atom is 0.234 e. The smallest absolute Gasteiger partial charge is 0.234 e. The van der Waals surface area contributed by atoms with Gasteiger partial charge in [-0.05, 0) is 53.4 Å². The number of anilines is 1. The molecule has 0 bridgehead atoms. The van der Waals surface area contributed by atoms with Crippen molar-refractivity contribution in [3.05, 3.63) is 77.5 Å². The molecule has 0 fully saturated rings. The zero-order valence-corrected chi connectivity index (χ0v) is 22.0. The number of carbonyl (C=O) groups excluding carboxylic acids is 1. The van der Waals surface area contributed by atoms with Crippen LogP contribution in [0.2, 0.25) is 0 Å². The van der Waals surface area contributed by atoms with E-state index in [4.69, 9.17) is 36.1 Å². The summed E-state index contributed by atoms with van der Waals surface area (Å²) in [4.78, 5) is 14.0. The molecule has 0 spiro atoms. The molecule has 4 rings (SSSR count). The van der Waals surface area contributed by atoms with E-state index in [9.17, 15) is 4.79 Å². The molecular weight excluding hydrogens is 484 g/mol. The first kappa shape index (κ1) is 27.9. The van der Waals surface area contributed by atoms with E-state index in [1.54, 1.807) is 28.4 Å². The number of aromatic amines is 1. The molecule has 0 unspecified atom stereocenters. The number of ether oxygens (including phenoxy) is 4. The number of amides is 1. The highest BCUT2D eigenvalue weighted by molar-refractivity contribution is 5.85. The highest BCUT2D eigenvalue weighted by Crippen LogP contribution is 2.38. The number of nitrogens with one attached hydrogen (secondary N) is 1. The number of nitrogen functional groups attached to an aromatic ring is 1. The second-order valence-electron chi connectivity index (χ2n) is 8.37. The number of carbonyl (C=O) groups is 1. The number of benzene rings is 3. The number of hydrogen-bond acceptors (Lipinski definition) is 7. The van der Waals surface area contributed by atoms with Crippen LogP contribution in [-0.4, -0.2) is 45.4 Å². The summed E-state index contributed by atoms with van der Waals surface area (Å²) >= 11 is 0. The molecule has 38 heavy (non-hydrogen) atoms. The Labute approximate surface area is 222 Å². The van der Waals surface area contributed by atoms with Crippen LogP contribution < -0.4 is 36.1 Å². The molecule has 0 saturated carbocycles. The molecule has 1 aromatic heterocycles. The molecular formula is C29H34N4O5. The lowest BCUT2D eigenvalue weighted by atomic mass is 10.1. The Morgan fingerprint density at radius 3 is 2.08 bits per heavy atom. The molecule has 0 saturated heterocycles. The van der Waals surface area contributed by atoms with Crippen molar-refractivity contribution in [2.24, 2.45) is 11.5 Å². The number of hydrogen-bond donors (Lipinski definition) is 4. The lowest BCUT2D eigenvalue weighted by Crippen LogP contribution is -2.38. The monoisotopic (exact) mass is 518 g/mol. The van der Waals surface area contributed by atoms with Gasteiger partial charge in [-0.3, -0.25) is 4.79 Å². The van der Waals surface area contributed by atoms with Gasteiger partial charge in [0.1, 0.15) is 5.75 Å². The van der Waals surface area contributed by atoms with Crippen molar-refractivity contribution in [1.82, 2.24) is 4.98 Å². The molecule has 0 aliphatic heterocycles. The summed E-state index contributed by atoms with van der Waals surface area (Å²) in [6.07, 6.45) is 6.25. The third-order valence-corrected chi connectivity index (χ3v) is 5.89. The van der Waals surface area contributed by atoms with Crippen molar-refractivity contribution in [2.75, 3.05) is 34.2 Å². The summed E-state index contributed by atoms with van der Waals surface area (Å²) in [6.45, 7) is 0. The van der Waals surface area contributed by atoms with Crippen molar-refractivity contribution in [2.45, 2.75) is 12.5 Å². The first-order valence-electron chi connectivity index (χ1n) is 11.8. The summed E-state index contributed by atoms with van der Waals surface area (Å²) in [7, 11) is 6.36. The third-order valence-electron chi connectivity index (χ3n) is 5.89. The molecule has 3 aromatic carbocycles. The molecule has 9 nitrogen and oxygen atoms in total. The van der Waals surface area contributed by atoms with Gasteiger partial charge in [0, 0.05) is 17.1 Å². The van der Waals surface area contributed by atoms with Gasteiger partial charge in [-0.2, -0.15) is 0 Å². The largest absolute Gasteiger partial charge is 0.495 e. The van der Waals surface area contributed by atoms with E-state index < -0.39 is 11.9 Å². The van der Waals surface area contributed by atoms with Crippen LogP contribution in [0.4, 0.5) is 5.69 Å². The minimum Gasteiger partial charge on any atom is -0.495 e. The van der Waals surface area contributed by atoms with Crippen LogP contribution >= 0.6 is 0 Å². The molecule has 0 aliphatic carbocycles. The lowest BCUT2D eigenvalue weighted by molar-refractivity contribution is -0.119. The van der Waals surface area contributed by atoms with Crippen LogP contribution in [0.5, 0.6) is 23.0 Å². The van der Waals surface area contributed by atoms with Crippen molar-refractivity contribution in [1.29, 1.82) is 0 Å². The van der Waals surface area contributed by atoms with Gasteiger partial charge in [0.25, 0.3) is 0 Å². The maximum absolute atomic E-state index is 10.8. The number of aromatic nitrogens is 1. The van der Waals surface area contributed by atoms with Crippen LogP contribution in [0, 0.1) is 0 Å². The Balaban J connectivity index is 0.000000230. The molecule has 200 valence electrons. The van der Waals surface area contributed by atoms with Crippen molar-refractivity contribution in [3.63, 3.8) is 0 Å². The number of rotatable bonds is 9. The number of nitrogens with two attached hydrogens (primary N) is 3. The SMILES string of the molecule is COc1ccc(C=Cc2cc(OC)c(OC)c(OC)c2)cc1N.NC(=O)[C@H](N)Cc1c[nH]c2ccccc12. The highest BCUT2D eigenvalue weighted by Gasteiger charge is 2.13. The normalized spacial score (nSPS) is 11.5. The van der Waals surface area contributed by atoms with Gasteiger partial charge in [0.2, 0.25) is 11.7 Å². The summed E-state index contributed by atoms with van der Waals surface area (Å²) in [5.41, 5.74) is 21.2. The van der Waals surface area contributed by atoms with Gasteiger partial charge < -0.3 is 41.1 Å². The second kappa shape index (κ2) is 13.1.